The average Bonchev–Trinajstić information content (AvgIpc) is 2.41. The van der Waals surface area contributed by atoms with Crippen LogP contribution in [0, 0.1) is 6.92 Å². The van der Waals surface area contributed by atoms with E-state index in [2.05, 4.69) is 5.32 Å². The van der Waals surface area contributed by atoms with E-state index in [4.69, 9.17) is 27.9 Å². The van der Waals surface area contributed by atoms with E-state index in [0.29, 0.717) is 16.6 Å². The fourth-order valence-corrected chi connectivity index (χ4v) is 2.21. The van der Waals surface area contributed by atoms with Crippen molar-refractivity contribution in [1.82, 2.24) is 0 Å². The van der Waals surface area contributed by atoms with Crippen molar-refractivity contribution in [3.8, 4) is 5.75 Å². The second kappa shape index (κ2) is 6.18. The van der Waals surface area contributed by atoms with Gasteiger partial charge in [0.05, 0.1) is 17.8 Å². The van der Waals surface area contributed by atoms with E-state index in [0.717, 1.165) is 22.6 Å². The number of hydrogen-bond donors (Lipinski definition) is 1. The van der Waals surface area contributed by atoms with Crippen molar-refractivity contribution in [3.63, 3.8) is 0 Å². The summed E-state index contributed by atoms with van der Waals surface area (Å²) < 4.78 is 5.19. The first-order valence-electron chi connectivity index (χ1n) is 5.92. The highest BCUT2D eigenvalue weighted by Gasteiger charge is 2.04. The van der Waals surface area contributed by atoms with Crippen molar-refractivity contribution < 1.29 is 4.74 Å². The molecule has 0 heterocycles. The Kier molecular flexibility index (Phi) is 4.56. The van der Waals surface area contributed by atoms with Crippen molar-refractivity contribution in [2.75, 3.05) is 12.4 Å². The van der Waals surface area contributed by atoms with Gasteiger partial charge in [0.15, 0.2) is 0 Å². The molecule has 19 heavy (non-hydrogen) atoms. The number of ether oxygens (including phenoxy) is 1. The lowest BCUT2D eigenvalue weighted by Gasteiger charge is -2.11. The van der Waals surface area contributed by atoms with Gasteiger partial charge in [0.1, 0.15) is 5.75 Å². The molecular formula is C15H15Cl2NO. The van der Waals surface area contributed by atoms with E-state index in [-0.39, 0.29) is 0 Å². The highest BCUT2D eigenvalue weighted by molar-refractivity contribution is 6.35. The van der Waals surface area contributed by atoms with Crippen molar-refractivity contribution in [1.29, 1.82) is 0 Å². The minimum absolute atomic E-state index is 0.663. The highest BCUT2D eigenvalue weighted by Crippen LogP contribution is 2.29. The molecule has 0 fully saturated rings. The molecule has 0 unspecified atom stereocenters. The fourth-order valence-electron chi connectivity index (χ4n) is 1.76. The molecule has 4 heteroatoms. The van der Waals surface area contributed by atoms with Crippen molar-refractivity contribution in [3.05, 3.63) is 57.6 Å². The molecular weight excluding hydrogens is 281 g/mol. The first kappa shape index (κ1) is 14.0. The van der Waals surface area contributed by atoms with Crippen LogP contribution in [0.25, 0.3) is 0 Å². The molecule has 2 aromatic rings. The number of hydrogen-bond acceptors (Lipinski definition) is 2. The smallest absolute Gasteiger partial charge is 0.119 e. The molecule has 0 radical (unpaired) electrons. The minimum atomic E-state index is 0.663. The minimum Gasteiger partial charge on any atom is -0.497 e. The van der Waals surface area contributed by atoms with Crippen molar-refractivity contribution in [2.24, 2.45) is 0 Å². The Morgan fingerprint density at radius 3 is 2.63 bits per heavy atom. The molecule has 1 N–H and O–H groups in total. The molecule has 0 spiro atoms. The second-order valence-electron chi connectivity index (χ2n) is 4.29. The number of anilines is 1. The lowest BCUT2D eigenvalue weighted by atomic mass is 10.2. The normalized spacial score (nSPS) is 10.3. The van der Waals surface area contributed by atoms with Crippen LogP contribution in [0.3, 0.4) is 0 Å². The van der Waals surface area contributed by atoms with E-state index >= 15 is 0 Å². The average molecular weight is 296 g/mol. The summed E-state index contributed by atoms with van der Waals surface area (Å²) in [5.74, 6) is 0.840. The molecule has 0 atom stereocenters. The molecule has 0 saturated heterocycles. The van der Waals surface area contributed by atoms with Crippen LogP contribution in [0.1, 0.15) is 11.1 Å². The molecule has 100 valence electrons. The van der Waals surface area contributed by atoms with Gasteiger partial charge < -0.3 is 10.1 Å². The first-order valence-corrected chi connectivity index (χ1v) is 6.68. The van der Waals surface area contributed by atoms with Crippen LogP contribution in [-0.4, -0.2) is 7.11 Å². The Morgan fingerprint density at radius 1 is 1.11 bits per heavy atom. The maximum atomic E-state index is 6.18. The molecule has 0 aromatic heterocycles. The molecule has 0 aliphatic carbocycles. The standard InChI is InChI=1S/C15H15Cl2NO/c1-10-6-14(17)15(8-13(10)16)18-9-11-4-3-5-12(7-11)19-2/h3-8,18H,9H2,1-2H3. The van der Waals surface area contributed by atoms with Gasteiger partial charge >= 0.3 is 0 Å². The van der Waals surface area contributed by atoms with Gasteiger partial charge in [-0.05, 0) is 42.3 Å². The summed E-state index contributed by atoms with van der Waals surface area (Å²) in [5, 5.41) is 4.65. The number of nitrogens with one attached hydrogen (secondary N) is 1. The van der Waals surface area contributed by atoms with Gasteiger partial charge in [-0.15, -0.1) is 0 Å². The van der Waals surface area contributed by atoms with Crippen LogP contribution >= 0.6 is 23.2 Å². The zero-order valence-corrected chi connectivity index (χ0v) is 12.3. The summed E-state index contributed by atoms with van der Waals surface area (Å²) in [6.07, 6.45) is 0. The van der Waals surface area contributed by atoms with Gasteiger partial charge in [-0.1, -0.05) is 35.3 Å². The molecule has 0 bridgehead atoms. The summed E-state index contributed by atoms with van der Waals surface area (Å²) in [7, 11) is 1.66. The van der Waals surface area contributed by atoms with E-state index in [1.54, 1.807) is 7.11 Å². The quantitative estimate of drug-likeness (QED) is 0.864. The Bertz CT molecular complexity index is 584. The monoisotopic (exact) mass is 295 g/mol. The summed E-state index contributed by atoms with van der Waals surface area (Å²) in [5.41, 5.74) is 2.92. The van der Waals surface area contributed by atoms with Crippen molar-refractivity contribution in [2.45, 2.75) is 13.5 Å². The van der Waals surface area contributed by atoms with Gasteiger partial charge in [0.2, 0.25) is 0 Å². The van der Waals surface area contributed by atoms with Crippen LogP contribution in [0.15, 0.2) is 36.4 Å². The molecule has 0 saturated carbocycles. The van der Waals surface area contributed by atoms with Crippen LogP contribution < -0.4 is 10.1 Å². The van der Waals surface area contributed by atoms with Crippen LogP contribution in [0.4, 0.5) is 5.69 Å². The SMILES string of the molecule is COc1cccc(CNc2cc(Cl)c(C)cc2Cl)c1. The number of rotatable bonds is 4. The summed E-state index contributed by atoms with van der Waals surface area (Å²) in [6, 6.07) is 11.6. The third kappa shape index (κ3) is 3.55. The van der Waals surface area contributed by atoms with Crippen LogP contribution in [0.5, 0.6) is 5.75 Å². The molecule has 2 aromatic carbocycles. The maximum absolute atomic E-state index is 6.18. The lowest BCUT2D eigenvalue weighted by Crippen LogP contribution is -2.00. The predicted molar refractivity (Wildman–Crippen MR) is 81.5 cm³/mol. The highest BCUT2D eigenvalue weighted by atomic mass is 35.5. The number of halogens is 2. The van der Waals surface area contributed by atoms with E-state index in [1.165, 1.54) is 0 Å². The summed E-state index contributed by atoms with van der Waals surface area (Å²) in [6.45, 7) is 2.59. The van der Waals surface area contributed by atoms with Gasteiger partial charge in [-0.25, -0.2) is 0 Å². The van der Waals surface area contributed by atoms with E-state index in [9.17, 15) is 0 Å². The predicted octanol–water partition coefficient (Wildman–Crippen LogP) is 4.92. The zero-order valence-electron chi connectivity index (χ0n) is 10.8. The van der Waals surface area contributed by atoms with Crippen LogP contribution in [-0.2, 0) is 6.54 Å². The number of methoxy groups -OCH3 is 1. The topological polar surface area (TPSA) is 21.3 Å². The Morgan fingerprint density at radius 2 is 1.89 bits per heavy atom. The molecule has 2 nitrogen and oxygen atoms in total. The fraction of sp³-hybridized carbons (Fsp3) is 0.200. The summed E-state index contributed by atoms with van der Waals surface area (Å²) in [4.78, 5) is 0. The zero-order chi connectivity index (χ0) is 13.8. The molecule has 0 aliphatic heterocycles. The number of aryl methyl sites for hydroxylation is 1. The third-order valence-electron chi connectivity index (χ3n) is 2.87. The van der Waals surface area contributed by atoms with E-state index in [1.807, 2.05) is 43.3 Å². The van der Waals surface area contributed by atoms with Gasteiger partial charge in [0.25, 0.3) is 0 Å². The molecule has 0 aliphatic rings. The van der Waals surface area contributed by atoms with Crippen molar-refractivity contribution >= 4 is 28.9 Å². The maximum Gasteiger partial charge on any atom is 0.119 e. The lowest BCUT2D eigenvalue weighted by molar-refractivity contribution is 0.414. The first-order chi connectivity index (χ1) is 9.10. The Hall–Kier alpha value is -1.38. The third-order valence-corrected chi connectivity index (χ3v) is 3.59. The number of benzene rings is 2. The second-order valence-corrected chi connectivity index (χ2v) is 5.10. The van der Waals surface area contributed by atoms with Gasteiger partial charge in [0, 0.05) is 11.6 Å². The molecule has 2 rings (SSSR count). The summed E-state index contributed by atoms with van der Waals surface area (Å²) >= 11 is 12.3. The van der Waals surface area contributed by atoms with Crippen LogP contribution in [0.2, 0.25) is 10.0 Å². The Labute approximate surface area is 123 Å². The Balaban J connectivity index is 2.12. The largest absolute Gasteiger partial charge is 0.497 e. The van der Waals surface area contributed by atoms with E-state index < -0.39 is 0 Å². The van der Waals surface area contributed by atoms with Gasteiger partial charge in [-0.2, -0.15) is 0 Å². The molecule has 0 amide bonds. The van der Waals surface area contributed by atoms with Gasteiger partial charge in [-0.3, -0.25) is 0 Å².